The molecule has 0 bridgehead atoms. The van der Waals surface area contributed by atoms with Gasteiger partial charge in [-0.2, -0.15) is 0 Å². The molecular weight excluding hydrogens is 340 g/mol. The quantitative estimate of drug-likeness (QED) is 0.776. The van der Waals surface area contributed by atoms with Gasteiger partial charge in [-0.05, 0) is 58.5 Å². The van der Waals surface area contributed by atoms with Crippen LogP contribution in [0.5, 0.6) is 0 Å². The van der Waals surface area contributed by atoms with Gasteiger partial charge in [-0.3, -0.25) is 9.78 Å². The standard InChI is InChI=1S/C15H12BrClN2O/c16-10-5-9-2-1-8-6-12(17)13(18)4-3-11(8)15(20)14(9)19-7-10/h4-7H,1-3,18H2. The smallest absolute Gasteiger partial charge is 0.208 e. The van der Waals surface area contributed by atoms with Crippen molar-refractivity contribution in [2.24, 2.45) is 5.73 Å². The van der Waals surface area contributed by atoms with Gasteiger partial charge in [0, 0.05) is 21.9 Å². The number of Topliss-reactive ketones (excluding diaryl/α,β-unsaturated/α-hetero) is 1. The average molecular weight is 352 g/mol. The van der Waals surface area contributed by atoms with Crippen LogP contribution in [0.1, 0.15) is 28.9 Å². The van der Waals surface area contributed by atoms with Crippen LogP contribution in [0, 0.1) is 0 Å². The Hall–Kier alpha value is -1.39. The summed E-state index contributed by atoms with van der Waals surface area (Å²) in [6.45, 7) is 0. The second-order valence-electron chi connectivity index (χ2n) is 4.85. The van der Waals surface area contributed by atoms with Crippen LogP contribution in [0.3, 0.4) is 0 Å². The third-order valence-electron chi connectivity index (χ3n) is 3.58. The van der Waals surface area contributed by atoms with E-state index in [2.05, 4.69) is 20.9 Å². The van der Waals surface area contributed by atoms with Gasteiger partial charge in [-0.15, -0.1) is 0 Å². The van der Waals surface area contributed by atoms with Crippen molar-refractivity contribution >= 4 is 33.3 Å². The zero-order valence-electron chi connectivity index (χ0n) is 10.6. The maximum atomic E-state index is 12.7. The first-order chi connectivity index (χ1) is 9.56. The Morgan fingerprint density at radius 3 is 2.95 bits per heavy atom. The summed E-state index contributed by atoms with van der Waals surface area (Å²) in [5.74, 6) is -0.0216. The summed E-state index contributed by atoms with van der Waals surface area (Å²) < 4.78 is 0.888. The molecule has 0 aromatic carbocycles. The maximum absolute atomic E-state index is 12.7. The van der Waals surface area contributed by atoms with Crippen molar-refractivity contribution < 1.29 is 4.79 Å². The van der Waals surface area contributed by atoms with Crippen LogP contribution in [-0.4, -0.2) is 10.8 Å². The van der Waals surface area contributed by atoms with Gasteiger partial charge in [0.1, 0.15) is 5.69 Å². The molecule has 2 N–H and O–H groups in total. The molecule has 5 heteroatoms. The van der Waals surface area contributed by atoms with E-state index in [9.17, 15) is 4.79 Å². The van der Waals surface area contributed by atoms with Crippen molar-refractivity contribution in [1.82, 2.24) is 4.98 Å². The molecule has 0 unspecified atom stereocenters. The lowest BCUT2D eigenvalue weighted by Gasteiger charge is -2.06. The number of rotatable bonds is 0. The molecule has 20 heavy (non-hydrogen) atoms. The van der Waals surface area contributed by atoms with E-state index in [0.717, 1.165) is 34.0 Å². The number of hydrogen-bond donors (Lipinski definition) is 1. The Kier molecular flexibility index (Phi) is 3.52. The number of nitrogens with two attached hydrogens (primary N) is 1. The molecule has 2 aliphatic carbocycles. The Morgan fingerprint density at radius 2 is 2.15 bits per heavy atom. The second kappa shape index (κ2) is 5.19. The second-order valence-corrected chi connectivity index (χ2v) is 6.17. The number of pyridine rings is 1. The van der Waals surface area contributed by atoms with Crippen molar-refractivity contribution in [3.05, 3.63) is 62.0 Å². The Morgan fingerprint density at radius 1 is 1.35 bits per heavy atom. The molecule has 1 heterocycles. The molecule has 0 fully saturated rings. The summed E-state index contributed by atoms with van der Waals surface area (Å²) in [5.41, 5.74) is 9.58. The topological polar surface area (TPSA) is 56.0 Å². The highest BCUT2D eigenvalue weighted by Gasteiger charge is 2.25. The van der Waals surface area contributed by atoms with Crippen molar-refractivity contribution in [2.45, 2.75) is 19.3 Å². The van der Waals surface area contributed by atoms with Gasteiger partial charge in [0.2, 0.25) is 5.78 Å². The number of allylic oxidation sites excluding steroid dienone is 5. The summed E-state index contributed by atoms with van der Waals surface area (Å²) >= 11 is 9.52. The largest absolute Gasteiger partial charge is 0.398 e. The molecule has 0 aliphatic heterocycles. The van der Waals surface area contributed by atoms with Crippen LogP contribution < -0.4 is 5.73 Å². The first kappa shape index (κ1) is 13.6. The number of fused-ring (bicyclic) bond motifs is 1. The van der Waals surface area contributed by atoms with E-state index in [0.29, 0.717) is 22.8 Å². The molecule has 102 valence electrons. The van der Waals surface area contributed by atoms with E-state index in [4.69, 9.17) is 17.3 Å². The summed E-state index contributed by atoms with van der Waals surface area (Å²) in [4.78, 5) is 17.0. The van der Waals surface area contributed by atoms with Crippen molar-refractivity contribution in [3.63, 3.8) is 0 Å². The van der Waals surface area contributed by atoms with Crippen LogP contribution in [0.2, 0.25) is 0 Å². The highest BCUT2D eigenvalue weighted by Crippen LogP contribution is 2.32. The average Bonchev–Trinajstić information content (AvgIpc) is 2.63. The molecular formula is C15H12BrClN2O. The fourth-order valence-corrected chi connectivity index (χ4v) is 3.10. The van der Waals surface area contributed by atoms with E-state index in [1.165, 1.54) is 0 Å². The third-order valence-corrected chi connectivity index (χ3v) is 4.34. The molecule has 0 saturated heterocycles. The Labute approximate surface area is 130 Å². The summed E-state index contributed by atoms with van der Waals surface area (Å²) in [5, 5.41) is 0.503. The van der Waals surface area contributed by atoms with Crippen molar-refractivity contribution in [2.75, 3.05) is 0 Å². The van der Waals surface area contributed by atoms with Crippen LogP contribution in [-0.2, 0) is 6.42 Å². The number of hydrogen-bond acceptors (Lipinski definition) is 3. The van der Waals surface area contributed by atoms with Crippen molar-refractivity contribution in [1.29, 1.82) is 0 Å². The highest BCUT2D eigenvalue weighted by atomic mass is 79.9. The molecule has 0 saturated carbocycles. The number of aromatic nitrogens is 1. The minimum Gasteiger partial charge on any atom is -0.398 e. The normalized spacial score (nSPS) is 18.6. The Balaban J connectivity index is 2.11. The number of nitrogens with zero attached hydrogens (tertiary/aromatic N) is 1. The number of carbonyl (C=O) groups is 1. The van der Waals surface area contributed by atoms with Gasteiger partial charge < -0.3 is 5.73 Å². The first-order valence-corrected chi connectivity index (χ1v) is 7.47. The zero-order chi connectivity index (χ0) is 14.3. The van der Waals surface area contributed by atoms with E-state index >= 15 is 0 Å². The van der Waals surface area contributed by atoms with Gasteiger partial charge in [0.25, 0.3) is 0 Å². The lowest BCUT2D eigenvalue weighted by atomic mass is 9.99. The molecule has 3 nitrogen and oxygen atoms in total. The molecule has 0 amide bonds. The fourth-order valence-electron chi connectivity index (χ4n) is 2.51. The number of halogens is 2. The molecule has 0 radical (unpaired) electrons. The van der Waals surface area contributed by atoms with E-state index in [1.807, 2.05) is 12.1 Å². The van der Waals surface area contributed by atoms with E-state index < -0.39 is 0 Å². The lowest BCUT2D eigenvalue weighted by Crippen LogP contribution is -2.08. The Bertz CT molecular complexity index is 704. The lowest BCUT2D eigenvalue weighted by molar-refractivity contribution is 0.102. The van der Waals surface area contributed by atoms with Gasteiger partial charge in [-0.25, -0.2) is 0 Å². The highest BCUT2D eigenvalue weighted by molar-refractivity contribution is 9.10. The molecule has 0 spiro atoms. The SMILES string of the molecule is NC1=CCC2=C(C=C1Cl)CCc1cc(Br)cnc1C2=O. The van der Waals surface area contributed by atoms with Gasteiger partial charge in [0.15, 0.2) is 0 Å². The number of carbonyl (C=O) groups excluding carboxylic acids is 1. The zero-order valence-corrected chi connectivity index (χ0v) is 13.0. The minimum atomic E-state index is -0.0216. The van der Waals surface area contributed by atoms with E-state index in [-0.39, 0.29) is 5.78 Å². The maximum Gasteiger partial charge on any atom is 0.208 e. The van der Waals surface area contributed by atoms with Gasteiger partial charge in [0.05, 0.1) is 5.03 Å². The molecule has 0 atom stereocenters. The van der Waals surface area contributed by atoms with Crippen LogP contribution in [0.25, 0.3) is 0 Å². The first-order valence-electron chi connectivity index (χ1n) is 6.30. The monoisotopic (exact) mass is 350 g/mol. The molecule has 2 aliphatic rings. The predicted molar refractivity (Wildman–Crippen MR) is 82.4 cm³/mol. The van der Waals surface area contributed by atoms with E-state index in [1.54, 1.807) is 12.3 Å². The van der Waals surface area contributed by atoms with Crippen LogP contribution >= 0.6 is 27.5 Å². The van der Waals surface area contributed by atoms with Gasteiger partial charge >= 0.3 is 0 Å². The third kappa shape index (κ3) is 2.34. The predicted octanol–water partition coefficient (Wildman–Crippen LogP) is 3.64. The van der Waals surface area contributed by atoms with Gasteiger partial charge in [-0.1, -0.05) is 17.7 Å². The molecule has 3 rings (SSSR count). The number of aryl methyl sites for hydroxylation is 1. The number of ketones is 1. The summed E-state index contributed by atoms with van der Waals surface area (Å²) in [6, 6.07) is 1.96. The van der Waals surface area contributed by atoms with Crippen LogP contribution in [0.15, 0.2) is 50.8 Å². The summed E-state index contributed by atoms with van der Waals surface area (Å²) in [7, 11) is 0. The summed E-state index contributed by atoms with van der Waals surface area (Å²) in [6.07, 6.45) is 7.31. The minimum absolute atomic E-state index is 0.0216. The molecule has 1 aromatic rings. The molecule has 1 aromatic heterocycles. The fraction of sp³-hybridized carbons (Fsp3) is 0.200. The van der Waals surface area contributed by atoms with Crippen molar-refractivity contribution in [3.8, 4) is 0 Å². The van der Waals surface area contributed by atoms with Crippen LogP contribution in [0.4, 0.5) is 0 Å².